The molecule has 1 aromatic rings. The van der Waals surface area contributed by atoms with Gasteiger partial charge in [-0.15, -0.1) is 0 Å². The van der Waals surface area contributed by atoms with E-state index in [0.717, 1.165) is 0 Å². The van der Waals surface area contributed by atoms with Crippen LogP contribution in [0.5, 0.6) is 0 Å². The van der Waals surface area contributed by atoms with Crippen molar-refractivity contribution in [2.45, 2.75) is 66.2 Å². The predicted molar refractivity (Wildman–Crippen MR) is 71.1 cm³/mol. The van der Waals surface area contributed by atoms with Crippen molar-refractivity contribution >= 4 is 0 Å². The molecule has 0 aromatic carbocycles. The van der Waals surface area contributed by atoms with Crippen LogP contribution in [0.25, 0.3) is 0 Å². The Kier molecular flexibility index (Phi) is 3.20. The van der Waals surface area contributed by atoms with E-state index >= 15 is 0 Å². The van der Waals surface area contributed by atoms with Gasteiger partial charge in [0.05, 0.1) is 0 Å². The molecular formula is C15H25N. The lowest BCUT2D eigenvalue weighted by Crippen LogP contribution is -2.21. The normalized spacial score (nSPS) is 13.0. The van der Waals surface area contributed by atoms with Crippen molar-refractivity contribution in [1.29, 1.82) is 0 Å². The zero-order valence-electron chi connectivity index (χ0n) is 12.0. The number of aromatic nitrogens is 1. The molecule has 0 spiro atoms. The van der Waals surface area contributed by atoms with Crippen molar-refractivity contribution in [2.75, 3.05) is 0 Å². The molecule has 0 unspecified atom stereocenters. The van der Waals surface area contributed by atoms with Gasteiger partial charge in [0.2, 0.25) is 0 Å². The quantitative estimate of drug-likeness (QED) is 0.634. The van der Waals surface area contributed by atoms with Crippen LogP contribution in [0.3, 0.4) is 0 Å². The molecule has 1 heterocycles. The Morgan fingerprint density at radius 3 is 1.75 bits per heavy atom. The van der Waals surface area contributed by atoms with Crippen molar-refractivity contribution in [1.82, 2.24) is 4.98 Å². The monoisotopic (exact) mass is 219 g/mol. The van der Waals surface area contributed by atoms with Crippen LogP contribution < -0.4 is 0 Å². The van der Waals surface area contributed by atoms with Gasteiger partial charge in [0.25, 0.3) is 0 Å². The van der Waals surface area contributed by atoms with Crippen molar-refractivity contribution in [3.8, 4) is 0 Å². The first-order valence-electron chi connectivity index (χ1n) is 6.02. The van der Waals surface area contributed by atoms with Crippen LogP contribution in [-0.4, -0.2) is 4.98 Å². The molecule has 0 amide bonds. The fraction of sp³-hybridized carbons (Fsp3) is 0.667. The lowest BCUT2D eigenvalue weighted by molar-refractivity contribution is 0.526. The predicted octanol–water partition coefficient (Wildman–Crippen LogP) is 4.29. The topological polar surface area (TPSA) is 12.9 Å². The van der Waals surface area contributed by atoms with Crippen molar-refractivity contribution in [3.05, 3.63) is 28.6 Å². The zero-order chi connectivity index (χ0) is 12.7. The van der Waals surface area contributed by atoms with Crippen LogP contribution in [0.1, 0.15) is 64.1 Å². The van der Waals surface area contributed by atoms with E-state index in [4.69, 9.17) is 4.98 Å². The van der Waals surface area contributed by atoms with Gasteiger partial charge in [-0.2, -0.15) is 0 Å². The zero-order valence-corrected chi connectivity index (χ0v) is 12.0. The average Bonchev–Trinajstić information content (AvgIpc) is 2.05. The summed E-state index contributed by atoms with van der Waals surface area (Å²) in [6.45, 7) is 17.7. The number of aryl methyl sites for hydroxylation is 1. The van der Waals surface area contributed by atoms with Gasteiger partial charge >= 0.3 is 0 Å². The number of rotatable bonds is 0. The van der Waals surface area contributed by atoms with Gasteiger partial charge in [-0.25, -0.2) is 0 Å². The fourth-order valence-corrected chi connectivity index (χ4v) is 1.85. The molecule has 0 saturated heterocycles. The minimum Gasteiger partial charge on any atom is -0.256 e. The van der Waals surface area contributed by atoms with Crippen LogP contribution in [0, 0.1) is 13.8 Å². The van der Waals surface area contributed by atoms with Gasteiger partial charge in [0.1, 0.15) is 0 Å². The summed E-state index contributed by atoms with van der Waals surface area (Å²) < 4.78 is 0. The molecule has 0 atom stereocenters. The third-order valence-electron chi connectivity index (χ3n) is 3.01. The summed E-state index contributed by atoms with van der Waals surface area (Å²) >= 11 is 0. The lowest BCUT2D eigenvalue weighted by atomic mass is 9.84. The Labute approximate surface area is 100 Å². The van der Waals surface area contributed by atoms with Crippen LogP contribution in [0.2, 0.25) is 0 Å². The summed E-state index contributed by atoms with van der Waals surface area (Å²) in [7, 11) is 0. The summed E-state index contributed by atoms with van der Waals surface area (Å²) in [5.74, 6) is 0. The van der Waals surface area contributed by atoms with Gasteiger partial charge in [-0.3, -0.25) is 4.98 Å². The summed E-state index contributed by atoms with van der Waals surface area (Å²) in [5.41, 5.74) is 5.36. The summed E-state index contributed by atoms with van der Waals surface area (Å²) in [4.78, 5) is 4.88. The highest BCUT2D eigenvalue weighted by molar-refractivity contribution is 5.36. The summed E-state index contributed by atoms with van der Waals surface area (Å²) in [6.07, 6.45) is 0. The maximum Gasteiger partial charge on any atom is 0.0492 e. The maximum atomic E-state index is 4.88. The standard InChI is InChI=1S/C15H25N/c1-10-9-12(14(3,4)5)16-13(11(10)2)15(6,7)8/h9H,1-8H3. The van der Waals surface area contributed by atoms with Gasteiger partial charge in [0, 0.05) is 22.2 Å². The van der Waals surface area contributed by atoms with Crippen LogP contribution in [0.15, 0.2) is 6.07 Å². The van der Waals surface area contributed by atoms with Crippen LogP contribution in [-0.2, 0) is 10.8 Å². The van der Waals surface area contributed by atoms with Crippen LogP contribution >= 0.6 is 0 Å². The molecule has 0 N–H and O–H groups in total. The van der Waals surface area contributed by atoms with Gasteiger partial charge in [-0.05, 0) is 31.0 Å². The second-order valence-electron chi connectivity index (χ2n) is 6.80. The second-order valence-corrected chi connectivity index (χ2v) is 6.80. The first-order valence-corrected chi connectivity index (χ1v) is 6.02. The molecular weight excluding hydrogens is 194 g/mol. The second kappa shape index (κ2) is 3.87. The third-order valence-corrected chi connectivity index (χ3v) is 3.01. The average molecular weight is 219 g/mol. The molecule has 1 rings (SSSR count). The molecule has 0 radical (unpaired) electrons. The number of pyridine rings is 1. The smallest absolute Gasteiger partial charge is 0.0492 e. The van der Waals surface area contributed by atoms with E-state index in [9.17, 15) is 0 Å². The Morgan fingerprint density at radius 1 is 0.875 bits per heavy atom. The molecule has 0 aliphatic carbocycles. The molecule has 1 aromatic heterocycles. The van der Waals surface area contributed by atoms with E-state index in [0.29, 0.717) is 0 Å². The van der Waals surface area contributed by atoms with Crippen LogP contribution in [0.4, 0.5) is 0 Å². The first kappa shape index (κ1) is 13.2. The Hall–Kier alpha value is -0.850. The van der Waals surface area contributed by atoms with Crippen molar-refractivity contribution in [2.24, 2.45) is 0 Å². The minimum absolute atomic E-state index is 0.121. The Bertz CT molecular complexity index is 389. The van der Waals surface area contributed by atoms with E-state index in [2.05, 4.69) is 61.5 Å². The summed E-state index contributed by atoms with van der Waals surface area (Å²) in [6, 6.07) is 2.23. The van der Waals surface area contributed by atoms with E-state index in [1.165, 1.54) is 22.5 Å². The van der Waals surface area contributed by atoms with Crippen molar-refractivity contribution in [3.63, 3.8) is 0 Å². The van der Waals surface area contributed by atoms with Gasteiger partial charge < -0.3 is 0 Å². The molecule has 0 bridgehead atoms. The molecule has 1 heteroatoms. The molecule has 90 valence electrons. The molecule has 0 fully saturated rings. The molecule has 16 heavy (non-hydrogen) atoms. The van der Waals surface area contributed by atoms with E-state index in [1.807, 2.05) is 0 Å². The molecule has 1 nitrogen and oxygen atoms in total. The molecule has 0 aliphatic rings. The van der Waals surface area contributed by atoms with E-state index in [1.54, 1.807) is 0 Å². The van der Waals surface area contributed by atoms with Crippen molar-refractivity contribution < 1.29 is 0 Å². The summed E-state index contributed by atoms with van der Waals surface area (Å²) in [5, 5.41) is 0. The minimum atomic E-state index is 0.121. The highest BCUT2D eigenvalue weighted by Gasteiger charge is 2.23. The highest BCUT2D eigenvalue weighted by Crippen LogP contribution is 2.29. The largest absolute Gasteiger partial charge is 0.256 e. The van der Waals surface area contributed by atoms with Gasteiger partial charge in [-0.1, -0.05) is 41.5 Å². The Balaban J connectivity index is 3.46. The van der Waals surface area contributed by atoms with E-state index in [-0.39, 0.29) is 10.8 Å². The SMILES string of the molecule is Cc1cc(C(C)(C)C)nc(C(C)(C)C)c1C. The number of nitrogens with zero attached hydrogens (tertiary/aromatic N) is 1. The molecule has 0 saturated carbocycles. The number of hydrogen-bond acceptors (Lipinski definition) is 1. The lowest BCUT2D eigenvalue weighted by Gasteiger charge is -2.26. The highest BCUT2D eigenvalue weighted by atomic mass is 14.8. The maximum absolute atomic E-state index is 4.88. The number of hydrogen-bond donors (Lipinski definition) is 0. The fourth-order valence-electron chi connectivity index (χ4n) is 1.85. The first-order chi connectivity index (χ1) is 7.03. The van der Waals surface area contributed by atoms with Gasteiger partial charge in [0.15, 0.2) is 0 Å². The Morgan fingerprint density at radius 2 is 1.38 bits per heavy atom. The van der Waals surface area contributed by atoms with E-state index < -0.39 is 0 Å². The molecule has 0 aliphatic heterocycles. The third kappa shape index (κ3) is 2.63.